The van der Waals surface area contributed by atoms with Gasteiger partial charge in [0.15, 0.2) is 0 Å². The first kappa shape index (κ1) is 28.7. The molecule has 1 aliphatic rings. The Kier molecular flexibility index (Phi) is 14.1. The number of benzene rings is 1. The summed E-state index contributed by atoms with van der Waals surface area (Å²) in [6.45, 7) is 22.7. The molecule has 1 aromatic rings. The summed E-state index contributed by atoms with van der Waals surface area (Å²) >= 11 is 0. The van der Waals surface area contributed by atoms with E-state index in [9.17, 15) is 0 Å². The minimum atomic E-state index is 0.192. The van der Waals surface area contributed by atoms with E-state index in [0.29, 0.717) is 5.41 Å². The van der Waals surface area contributed by atoms with Gasteiger partial charge in [0.2, 0.25) is 0 Å². The van der Waals surface area contributed by atoms with Crippen molar-refractivity contribution in [3.05, 3.63) is 42.5 Å². The standard InChI is InChI=1S/C23H39NO.C3H6.C2H6/c1-22(2,3)18-23(4,5)19-12-14-21(15-13-19)25-17-16-24(6)20-10-8-7-9-11-20;1-3-2;1-2/h12-15,20H,7-11,16-18H2,1-6H3;3H,1H2,2H3;1-2H3. The molecule has 30 heavy (non-hydrogen) atoms. The number of hydrogen-bond acceptors (Lipinski definition) is 2. The molecular formula is C28H51NO. The van der Waals surface area contributed by atoms with E-state index >= 15 is 0 Å². The van der Waals surface area contributed by atoms with Crippen molar-refractivity contribution in [2.24, 2.45) is 5.41 Å². The summed E-state index contributed by atoms with van der Waals surface area (Å²) < 4.78 is 5.99. The molecule has 2 nitrogen and oxygen atoms in total. The summed E-state index contributed by atoms with van der Waals surface area (Å²) in [5, 5.41) is 0. The smallest absolute Gasteiger partial charge is 0.119 e. The highest BCUT2D eigenvalue weighted by Gasteiger charge is 2.27. The zero-order chi connectivity index (χ0) is 23.2. The zero-order valence-electron chi connectivity index (χ0n) is 21.7. The molecule has 0 atom stereocenters. The highest BCUT2D eigenvalue weighted by atomic mass is 16.5. The van der Waals surface area contributed by atoms with E-state index in [1.165, 1.54) is 44.1 Å². The van der Waals surface area contributed by atoms with Crippen LogP contribution in [0.5, 0.6) is 5.75 Å². The van der Waals surface area contributed by atoms with Gasteiger partial charge in [0, 0.05) is 12.6 Å². The predicted octanol–water partition coefficient (Wildman–Crippen LogP) is 8.26. The van der Waals surface area contributed by atoms with Crippen LogP contribution in [-0.2, 0) is 5.41 Å². The van der Waals surface area contributed by atoms with Crippen molar-refractivity contribution >= 4 is 0 Å². The van der Waals surface area contributed by atoms with Crippen LogP contribution in [0.15, 0.2) is 36.9 Å². The molecule has 0 N–H and O–H groups in total. The van der Waals surface area contributed by atoms with Gasteiger partial charge in [-0.25, -0.2) is 0 Å². The average Bonchev–Trinajstić information content (AvgIpc) is 2.69. The van der Waals surface area contributed by atoms with Crippen LogP contribution in [-0.4, -0.2) is 31.1 Å². The molecule has 174 valence electrons. The van der Waals surface area contributed by atoms with Gasteiger partial charge < -0.3 is 9.64 Å². The van der Waals surface area contributed by atoms with Gasteiger partial charge in [-0.15, -0.1) is 6.58 Å². The molecule has 1 aliphatic carbocycles. The van der Waals surface area contributed by atoms with E-state index in [1.807, 2.05) is 20.8 Å². The van der Waals surface area contributed by atoms with Crippen LogP contribution < -0.4 is 4.74 Å². The van der Waals surface area contributed by atoms with Crippen LogP contribution in [0.4, 0.5) is 0 Å². The molecule has 0 heterocycles. The zero-order valence-corrected chi connectivity index (χ0v) is 21.7. The highest BCUT2D eigenvalue weighted by molar-refractivity contribution is 5.31. The van der Waals surface area contributed by atoms with Crippen LogP contribution in [0, 0.1) is 5.41 Å². The fourth-order valence-electron chi connectivity index (χ4n) is 4.44. The molecule has 0 aromatic heterocycles. The van der Waals surface area contributed by atoms with Crippen LogP contribution >= 0.6 is 0 Å². The van der Waals surface area contributed by atoms with E-state index in [2.05, 4.69) is 77.4 Å². The Hall–Kier alpha value is -1.28. The first-order chi connectivity index (χ1) is 14.1. The van der Waals surface area contributed by atoms with E-state index in [-0.39, 0.29) is 5.41 Å². The molecule has 0 aliphatic heterocycles. The monoisotopic (exact) mass is 417 g/mol. The summed E-state index contributed by atoms with van der Waals surface area (Å²) in [6, 6.07) is 9.52. The summed E-state index contributed by atoms with van der Waals surface area (Å²) in [5.41, 5.74) is 1.93. The van der Waals surface area contributed by atoms with Crippen molar-refractivity contribution in [2.45, 2.75) is 105 Å². The van der Waals surface area contributed by atoms with Gasteiger partial charge in [-0.1, -0.05) is 85.9 Å². The van der Waals surface area contributed by atoms with Gasteiger partial charge in [0.25, 0.3) is 0 Å². The van der Waals surface area contributed by atoms with Crippen molar-refractivity contribution in [1.29, 1.82) is 0 Å². The van der Waals surface area contributed by atoms with Crippen molar-refractivity contribution in [3.63, 3.8) is 0 Å². The number of rotatable bonds is 7. The maximum atomic E-state index is 5.99. The number of ether oxygens (including phenoxy) is 1. The third kappa shape index (κ3) is 11.8. The van der Waals surface area contributed by atoms with Crippen molar-refractivity contribution in [2.75, 3.05) is 20.2 Å². The molecule has 0 radical (unpaired) electrons. The van der Waals surface area contributed by atoms with Gasteiger partial charge in [0.1, 0.15) is 12.4 Å². The van der Waals surface area contributed by atoms with Crippen LogP contribution in [0.3, 0.4) is 0 Å². The second kappa shape index (κ2) is 14.7. The van der Waals surface area contributed by atoms with Crippen molar-refractivity contribution in [3.8, 4) is 5.75 Å². The maximum Gasteiger partial charge on any atom is 0.119 e. The number of nitrogens with zero attached hydrogens (tertiary/aromatic N) is 1. The molecule has 1 aromatic carbocycles. The summed E-state index contributed by atoms with van der Waals surface area (Å²) in [7, 11) is 2.25. The minimum absolute atomic E-state index is 0.192. The summed E-state index contributed by atoms with van der Waals surface area (Å²) in [5.74, 6) is 0.993. The van der Waals surface area contributed by atoms with Gasteiger partial charge in [-0.2, -0.15) is 0 Å². The quantitative estimate of drug-likeness (QED) is 0.414. The molecule has 2 heteroatoms. The molecule has 1 fully saturated rings. The lowest BCUT2D eigenvalue weighted by Crippen LogP contribution is -2.36. The lowest BCUT2D eigenvalue weighted by atomic mass is 9.72. The van der Waals surface area contributed by atoms with Gasteiger partial charge in [-0.05, 0) is 61.8 Å². The second-order valence-electron chi connectivity index (χ2n) is 10.2. The van der Waals surface area contributed by atoms with Gasteiger partial charge >= 0.3 is 0 Å². The molecule has 0 bridgehead atoms. The molecule has 1 saturated carbocycles. The second-order valence-corrected chi connectivity index (χ2v) is 10.2. The molecule has 0 amide bonds. The fourth-order valence-corrected chi connectivity index (χ4v) is 4.44. The summed E-state index contributed by atoms with van der Waals surface area (Å²) in [4.78, 5) is 2.49. The maximum absolute atomic E-state index is 5.99. The molecule has 0 spiro atoms. The van der Waals surface area contributed by atoms with E-state index in [0.717, 1.165) is 24.9 Å². The lowest BCUT2D eigenvalue weighted by Gasteiger charge is -2.33. The first-order valence-electron chi connectivity index (χ1n) is 12.1. The Morgan fingerprint density at radius 2 is 1.50 bits per heavy atom. The normalized spacial score (nSPS) is 14.9. The Bertz CT molecular complexity index is 547. The predicted molar refractivity (Wildman–Crippen MR) is 136 cm³/mol. The average molecular weight is 418 g/mol. The summed E-state index contributed by atoms with van der Waals surface area (Å²) in [6.07, 6.45) is 9.83. The Morgan fingerprint density at radius 3 is 1.97 bits per heavy atom. The highest BCUT2D eigenvalue weighted by Crippen LogP contribution is 2.36. The van der Waals surface area contributed by atoms with Gasteiger partial charge in [0.05, 0.1) is 0 Å². The number of likely N-dealkylation sites (N-methyl/N-ethyl adjacent to an activating group) is 1. The Morgan fingerprint density at radius 1 is 1.00 bits per heavy atom. The fraction of sp³-hybridized carbons (Fsp3) is 0.714. The van der Waals surface area contributed by atoms with Crippen molar-refractivity contribution < 1.29 is 4.74 Å². The van der Waals surface area contributed by atoms with E-state index in [4.69, 9.17) is 4.74 Å². The Balaban J connectivity index is 0.00000154. The third-order valence-corrected chi connectivity index (χ3v) is 5.52. The molecule has 0 unspecified atom stereocenters. The molecule has 2 rings (SSSR count). The first-order valence-corrected chi connectivity index (χ1v) is 12.1. The SMILES string of the molecule is C=CC.CC.CN(CCOc1ccc(C(C)(C)CC(C)(C)C)cc1)C1CCCCC1. The molecular weight excluding hydrogens is 366 g/mol. The minimum Gasteiger partial charge on any atom is -0.492 e. The van der Waals surface area contributed by atoms with Crippen LogP contribution in [0.2, 0.25) is 0 Å². The van der Waals surface area contributed by atoms with Crippen molar-refractivity contribution in [1.82, 2.24) is 4.90 Å². The third-order valence-electron chi connectivity index (χ3n) is 5.52. The van der Waals surface area contributed by atoms with E-state index in [1.54, 1.807) is 6.08 Å². The topological polar surface area (TPSA) is 12.5 Å². The Labute approximate surface area is 189 Å². The number of allylic oxidation sites excluding steroid dienone is 1. The van der Waals surface area contributed by atoms with E-state index < -0.39 is 0 Å². The van der Waals surface area contributed by atoms with Crippen LogP contribution in [0.1, 0.15) is 99.5 Å². The number of hydrogen-bond donors (Lipinski definition) is 0. The molecule has 0 saturated heterocycles. The lowest BCUT2D eigenvalue weighted by molar-refractivity contribution is 0.160. The largest absolute Gasteiger partial charge is 0.492 e. The van der Waals surface area contributed by atoms with Gasteiger partial charge in [-0.3, -0.25) is 0 Å². The van der Waals surface area contributed by atoms with Crippen LogP contribution in [0.25, 0.3) is 0 Å².